The van der Waals surface area contributed by atoms with Gasteiger partial charge in [0.05, 0.1) is 8.95 Å². The van der Waals surface area contributed by atoms with Crippen LogP contribution in [0.15, 0.2) is 19.5 Å². The molecule has 1 saturated heterocycles. The van der Waals surface area contributed by atoms with Crippen LogP contribution in [0, 0.1) is 0 Å². The van der Waals surface area contributed by atoms with Gasteiger partial charge in [-0.1, -0.05) is 15.9 Å². The molecule has 3 nitrogen and oxygen atoms in total. The van der Waals surface area contributed by atoms with Gasteiger partial charge in [0.2, 0.25) is 0 Å². The first-order valence-corrected chi connectivity index (χ1v) is 8.49. The average Bonchev–Trinajstić information content (AvgIpc) is 2.40. The SMILES string of the molecule is Oc1c(Br)cc(Br)c([C@@H](N2CCNCC2)C(F)(F)F)c1Br. The van der Waals surface area contributed by atoms with Crippen LogP contribution in [0.1, 0.15) is 11.6 Å². The van der Waals surface area contributed by atoms with Gasteiger partial charge in [-0.25, -0.2) is 0 Å². The maximum absolute atomic E-state index is 13.6. The number of alkyl halides is 3. The van der Waals surface area contributed by atoms with E-state index in [1.54, 1.807) is 0 Å². The second-order valence-electron chi connectivity index (χ2n) is 4.65. The molecule has 9 heteroatoms. The Morgan fingerprint density at radius 2 is 1.71 bits per heavy atom. The molecule has 0 spiro atoms. The maximum Gasteiger partial charge on any atom is 0.408 e. The van der Waals surface area contributed by atoms with Crippen LogP contribution in [0.4, 0.5) is 13.2 Å². The van der Waals surface area contributed by atoms with E-state index in [1.165, 1.54) is 11.0 Å². The molecule has 0 unspecified atom stereocenters. The Bertz CT molecular complexity index is 533. The lowest BCUT2D eigenvalue weighted by Gasteiger charge is -2.37. The highest BCUT2D eigenvalue weighted by atomic mass is 79.9. The van der Waals surface area contributed by atoms with E-state index in [-0.39, 0.29) is 15.8 Å². The molecule has 1 fully saturated rings. The van der Waals surface area contributed by atoms with Gasteiger partial charge in [-0.3, -0.25) is 4.90 Å². The number of nitrogens with zero attached hydrogens (tertiary/aromatic N) is 1. The van der Waals surface area contributed by atoms with E-state index < -0.39 is 12.2 Å². The minimum absolute atomic E-state index is 0.00917. The van der Waals surface area contributed by atoms with Crippen molar-refractivity contribution < 1.29 is 18.3 Å². The highest BCUT2D eigenvalue weighted by Crippen LogP contribution is 2.48. The molecule has 0 bridgehead atoms. The van der Waals surface area contributed by atoms with E-state index in [4.69, 9.17) is 0 Å². The number of hydrogen-bond acceptors (Lipinski definition) is 3. The van der Waals surface area contributed by atoms with Crippen LogP contribution in [-0.2, 0) is 0 Å². The molecule has 2 N–H and O–H groups in total. The van der Waals surface area contributed by atoms with Gasteiger partial charge >= 0.3 is 6.18 Å². The fourth-order valence-electron chi connectivity index (χ4n) is 2.34. The van der Waals surface area contributed by atoms with Gasteiger partial charge in [-0.2, -0.15) is 13.2 Å². The number of halogens is 6. The fourth-order valence-corrected chi connectivity index (χ4v) is 4.89. The van der Waals surface area contributed by atoms with Gasteiger partial charge in [0.15, 0.2) is 0 Å². The minimum Gasteiger partial charge on any atom is -0.506 e. The first-order valence-electron chi connectivity index (χ1n) is 6.11. The highest BCUT2D eigenvalue weighted by Gasteiger charge is 2.47. The van der Waals surface area contributed by atoms with E-state index in [2.05, 4.69) is 53.1 Å². The van der Waals surface area contributed by atoms with Crippen LogP contribution >= 0.6 is 47.8 Å². The number of aromatic hydroxyl groups is 1. The Morgan fingerprint density at radius 3 is 2.24 bits per heavy atom. The monoisotopic (exact) mass is 494 g/mol. The Labute approximate surface area is 145 Å². The van der Waals surface area contributed by atoms with Crippen molar-refractivity contribution in [2.24, 2.45) is 0 Å². The summed E-state index contributed by atoms with van der Waals surface area (Å²) in [5.41, 5.74) is -0.00917. The zero-order valence-corrected chi connectivity index (χ0v) is 15.4. The van der Waals surface area contributed by atoms with Crippen LogP contribution in [0.3, 0.4) is 0 Å². The Kier molecular flexibility index (Phi) is 5.62. The zero-order chi connectivity index (χ0) is 15.8. The van der Waals surface area contributed by atoms with E-state index in [0.717, 1.165) is 0 Å². The van der Waals surface area contributed by atoms with Crippen molar-refractivity contribution in [3.8, 4) is 5.75 Å². The maximum atomic E-state index is 13.6. The lowest BCUT2D eigenvalue weighted by atomic mass is 10.0. The molecule has 1 heterocycles. The number of piperazine rings is 1. The summed E-state index contributed by atoms with van der Waals surface area (Å²) in [6, 6.07) is -0.349. The van der Waals surface area contributed by atoms with Crippen molar-refractivity contribution >= 4 is 47.8 Å². The first kappa shape index (κ1) is 17.5. The molecule has 118 valence electrons. The van der Waals surface area contributed by atoms with Crippen molar-refractivity contribution in [2.45, 2.75) is 12.2 Å². The zero-order valence-electron chi connectivity index (χ0n) is 10.6. The molecule has 1 aliphatic heterocycles. The molecule has 1 aliphatic rings. The largest absolute Gasteiger partial charge is 0.506 e. The number of phenols is 1. The Balaban J connectivity index is 2.54. The molecule has 0 aromatic heterocycles. The molecule has 21 heavy (non-hydrogen) atoms. The molecule has 0 aliphatic carbocycles. The van der Waals surface area contributed by atoms with E-state index in [0.29, 0.717) is 35.1 Å². The van der Waals surface area contributed by atoms with Gasteiger partial charge < -0.3 is 10.4 Å². The second-order valence-corrected chi connectivity index (χ2v) is 7.15. The predicted molar refractivity (Wildman–Crippen MR) is 84.4 cm³/mol. The van der Waals surface area contributed by atoms with Crippen molar-refractivity contribution in [3.05, 3.63) is 25.0 Å². The molecular formula is C12H12Br3F3N2O. The van der Waals surface area contributed by atoms with Crippen molar-refractivity contribution in [3.63, 3.8) is 0 Å². The number of benzene rings is 1. The lowest BCUT2D eigenvalue weighted by Crippen LogP contribution is -2.49. The Morgan fingerprint density at radius 1 is 1.14 bits per heavy atom. The summed E-state index contributed by atoms with van der Waals surface area (Å²) in [5, 5.41) is 12.9. The number of rotatable bonds is 2. The van der Waals surface area contributed by atoms with Gasteiger partial charge in [0.1, 0.15) is 11.8 Å². The highest BCUT2D eigenvalue weighted by molar-refractivity contribution is 9.11. The van der Waals surface area contributed by atoms with Gasteiger partial charge in [-0.15, -0.1) is 0 Å². The molecule has 1 aromatic carbocycles. The van der Waals surface area contributed by atoms with Gasteiger partial charge in [0, 0.05) is 36.2 Å². The van der Waals surface area contributed by atoms with Crippen molar-refractivity contribution in [1.29, 1.82) is 0 Å². The topological polar surface area (TPSA) is 35.5 Å². The van der Waals surface area contributed by atoms with E-state index in [9.17, 15) is 18.3 Å². The quantitative estimate of drug-likeness (QED) is 0.644. The van der Waals surface area contributed by atoms with E-state index in [1.807, 2.05) is 0 Å². The molecular weight excluding hydrogens is 485 g/mol. The number of hydrogen-bond donors (Lipinski definition) is 2. The summed E-state index contributed by atoms with van der Waals surface area (Å²) < 4.78 is 41.4. The lowest BCUT2D eigenvalue weighted by molar-refractivity contribution is -0.188. The second kappa shape index (κ2) is 6.74. The molecule has 1 aromatic rings. The third kappa shape index (κ3) is 3.74. The first-order chi connectivity index (χ1) is 9.73. The van der Waals surface area contributed by atoms with Crippen LogP contribution in [0.5, 0.6) is 5.75 Å². The minimum atomic E-state index is -4.44. The Hall–Kier alpha value is 0.170. The predicted octanol–water partition coefficient (Wildman–Crippen LogP) is 4.19. The van der Waals surface area contributed by atoms with E-state index >= 15 is 0 Å². The van der Waals surface area contributed by atoms with Gasteiger partial charge in [-0.05, 0) is 37.9 Å². The summed E-state index contributed by atoms with van der Waals surface area (Å²) in [6.45, 7) is 1.59. The summed E-state index contributed by atoms with van der Waals surface area (Å²) in [7, 11) is 0. The number of nitrogens with one attached hydrogen (secondary N) is 1. The van der Waals surface area contributed by atoms with Crippen molar-refractivity contribution in [1.82, 2.24) is 10.2 Å². The summed E-state index contributed by atoms with van der Waals surface area (Å²) in [4.78, 5) is 1.37. The molecule has 0 amide bonds. The van der Waals surface area contributed by atoms with Crippen LogP contribution in [0.25, 0.3) is 0 Å². The molecule has 1 atom stereocenters. The fraction of sp³-hybridized carbons (Fsp3) is 0.500. The summed E-state index contributed by atoms with van der Waals surface area (Å²) >= 11 is 9.38. The summed E-state index contributed by atoms with van der Waals surface area (Å²) in [6.07, 6.45) is -4.44. The third-order valence-corrected chi connectivity index (χ3v) is 5.34. The molecule has 0 saturated carbocycles. The summed E-state index contributed by atoms with van der Waals surface area (Å²) in [5.74, 6) is -0.238. The smallest absolute Gasteiger partial charge is 0.408 e. The van der Waals surface area contributed by atoms with Crippen LogP contribution < -0.4 is 5.32 Å². The average molecular weight is 497 g/mol. The van der Waals surface area contributed by atoms with Gasteiger partial charge in [0.25, 0.3) is 0 Å². The standard InChI is InChI=1S/C12H12Br3F3N2O/c13-6-5-7(14)10(21)9(15)8(6)11(12(16,17)18)20-3-1-19-2-4-20/h5,11,19,21H,1-4H2/t11-/m1/s1. The normalized spacial score (nSPS) is 18.8. The van der Waals surface area contributed by atoms with Crippen LogP contribution in [0.2, 0.25) is 0 Å². The third-order valence-electron chi connectivity index (χ3n) is 3.28. The van der Waals surface area contributed by atoms with Crippen LogP contribution in [-0.4, -0.2) is 42.4 Å². The molecule has 0 radical (unpaired) electrons. The van der Waals surface area contributed by atoms with Crippen molar-refractivity contribution in [2.75, 3.05) is 26.2 Å². The molecule has 2 rings (SSSR count). The number of phenolic OH excluding ortho intramolecular Hbond substituents is 1.